The molecular weight excluding hydrogens is 234 g/mol. The van der Waals surface area contributed by atoms with Crippen molar-refractivity contribution in [2.24, 2.45) is 0 Å². The molecule has 1 aliphatic rings. The van der Waals surface area contributed by atoms with Gasteiger partial charge >= 0.3 is 0 Å². The minimum atomic E-state index is 0.0265. The van der Waals surface area contributed by atoms with Crippen molar-refractivity contribution in [1.29, 1.82) is 0 Å². The Morgan fingerprint density at radius 2 is 1.74 bits per heavy atom. The van der Waals surface area contributed by atoms with Crippen LogP contribution >= 0.6 is 0 Å². The molecule has 0 aliphatic carbocycles. The Balaban J connectivity index is 2.15. The van der Waals surface area contributed by atoms with Gasteiger partial charge in [0, 0.05) is 6.04 Å². The summed E-state index contributed by atoms with van der Waals surface area (Å²) in [6.07, 6.45) is 5.89. The number of rotatable bonds is 6. The standard InChI is InChI=1S/C17H27NO/c1-4-11-17(12-5-2)16(18-14(3)19-17)13-15-9-7-6-8-10-15/h6-10,14,16,18H,4-5,11-13H2,1-3H3/t14-,16-/m0/s1. The number of ether oxygens (including phenoxy) is 1. The Labute approximate surface area is 117 Å². The first-order chi connectivity index (χ1) is 9.20. The molecule has 0 bridgehead atoms. The van der Waals surface area contributed by atoms with Gasteiger partial charge in [-0.2, -0.15) is 0 Å². The van der Waals surface area contributed by atoms with E-state index in [2.05, 4.69) is 56.4 Å². The highest BCUT2D eigenvalue weighted by Crippen LogP contribution is 2.35. The van der Waals surface area contributed by atoms with Crippen LogP contribution in [0.2, 0.25) is 0 Å². The highest BCUT2D eigenvalue weighted by molar-refractivity contribution is 5.18. The van der Waals surface area contributed by atoms with Crippen LogP contribution in [0.25, 0.3) is 0 Å². The third kappa shape index (κ3) is 3.37. The summed E-state index contributed by atoms with van der Waals surface area (Å²) in [5, 5.41) is 3.64. The largest absolute Gasteiger partial charge is 0.356 e. The van der Waals surface area contributed by atoms with Gasteiger partial charge in [0.05, 0.1) is 5.60 Å². The van der Waals surface area contributed by atoms with Gasteiger partial charge in [-0.05, 0) is 31.7 Å². The minimum Gasteiger partial charge on any atom is -0.356 e. The predicted molar refractivity (Wildman–Crippen MR) is 80.2 cm³/mol. The third-order valence-electron chi connectivity index (χ3n) is 4.11. The van der Waals surface area contributed by atoms with Crippen molar-refractivity contribution < 1.29 is 4.74 Å². The van der Waals surface area contributed by atoms with Gasteiger partial charge in [0.1, 0.15) is 6.23 Å². The van der Waals surface area contributed by atoms with E-state index in [1.165, 1.54) is 18.4 Å². The minimum absolute atomic E-state index is 0.0265. The fraction of sp³-hybridized carbons (Fsp3) is 0.647. The average Bonchev–Trinajstić information content (AvgIpc) is 2.68. The molecule has 106 valence electrons. The molecule has 0 spiro atoms. The third-order valence-corrected chi connectivity index (χ3v) is 4.11. The molecule has 1 aromatic carbocycles. The summed E-state index contributed by atoms with van der Waals surface area (Å²) >= 11 is 0. The zero-order valence-electron chi connectivity index (χ0n) is 12.5. The average molecular weight is 261 g/mol. The maximum absolute atomic E-state index is 6.30. The molecule has 2 atom stereocenters. The number of benzene rings is 1. The normalized spacial score (nSPS) is 25.6. The molecule has 0 aromatic heterocycles. The predicted octanol–water partition coefficient (Wildman–Crippen LogP) is 3.90. The van der Waals surface area contributed by atoms with Crippen LogP contribution in [0, 0.1) is 0 Å². The lowest BCUT2D eigenvalue weighted by molar-refractivity contribution is -0.0537. The van der Waals surface area contributed by atoms with E-state index in [0.717, 1.165) is 19.3 Å². The quantitative estimate of drug-likeness (QED) is 0.838. The van der Waals surface area contributed by atoms with Crippen LogP contribution in [0.1, 0.15) is 52.0 Å². The number of hydrogen-bond acceptors (Lipinski definition) is 2. The Morgan fingerprint density at radius 1 is 1.11 bits per heavy atom. The summed E-state index contributed by atoms with van der Waals surface area (Å²) in [6.45, 7) is 6.64. The van der Waals surface area contributed by atoms with E-state index in [9.17, 15) is 0 Å². The molecule has 1 aliphatic heterocycles. The van der Waals surface area contributed by atoms with E-state index < -0.39 is 0 Å². The van der Waals surface area contributed by atoms with Crippen LogP contribution in [0.15, 0.2) is 30.3 Å². The molecule has 2 rings (SSSR count). The van der Waals surface area contributed by atoms with Gasteiger partial charge in [0.25, 0.3) is 0 Å². The first-order valence-corrected chi connectivity index (χ1v) is 7.68. The van der Waals surface area contributed by atoms with E-state index >= 15 is 0 Å². The van der Waals surface area contributed by atoms with Crippen molar-refractivity contribution in [2.45, 2.75) is 70.7 Å². The van der Waals surface area contributed by atoms with Crippen LogP contribution in [-0.2, 0) is 11.2 Å². The van der Waals surface area contributed by atoms with Crippen molar-refractivity contribution >= 4 is 0 Å². The first kappa shape index (κ1) is 14.5. The molecule has 1 heterocycles. The van der Waals surface area contributed by atoms with E-state index in [4.69, 9.17) is 4.74 Å². The zero-order valence-corrected chi connectivity index (χ0v) is 12.5. The smallest absolute Gasteiger partial charge is 0.106 e. The lowest BCUT2D eigenvalue weighted by Crippen LogP contribution is -2.45. The van der Waals surface area contributed by atoms with Gasteiger partial charge in [-0.25, -0.2) is 0 Å². The molecule has 2 heteroatoms. The molecule has 0 amide bonds. The Hall–Kier alpha value is -0.860. The van der Waals surface area contributed by atoms with Crippen molar-refractivity contribution in [1.82, 2.24) is 5.32 Å². The second-order valence-electron chi connectivity index (χ2n) is 5.73. The summed E-state index contributed by atoms with van der Waals surface area (Å²) in [4.78, 5) is 0. The number of nitrogens with one attached hydrogen (secondary N) is 1. The summed E-state index contributed by atoms with van der Waals surface area (Å²) in [6, 6.07) is 11.2. The summed E-state index contributed by atoms with van der Waals surface area (Å²) in [7, 11) is 0. The summed E-state index contributed by atoms with van der Waals surface area (Å²) < 4.78 is 6.30. The van der Waals surface area contributed by atoms with E-state index in [1.807, 2.05) is 0 Å². The maximum Gasteiger partial charge on any atom is 0.106 e. The van der Waals surface area contributed by atoms with Crippen molar-refractivity contribution in [3.63, 3.8) is 0 Å². The lowest BCUT2D eigenvalue weighted by atomic mass is 9.82. The Kier molecular flexibility index (Phi) is 5.00. The Bertz CT molecular complexity index is 370. The molecule has 1 fully saturated rings. The van der Waals surface area contributed by atoms with E-state index in [0.29, 0.717) is 6.04 Å². The van der Waals surface area contributed by atoms with Crippen molar-refractivity contribution in [3.8, 4) is 0 Å². The van der Waals surface area contributed by atoms with Gasteiger partial charge in [0.15, 0.2) is 0 Å². The van der Waals surface area contributed by atoms with Crippen LogP contribution in [-0.4, -0.2) is 17.9 Å². The molecule has 0 radical (unpaired) electrons. The Morgan fingerprint density at radius 3 is 2.32 bits per heavy atom. The molecule has 1 N–H and O–H groups in total. The van der Waals surface area contributed by atoms with Gasteiger partial charge in [-0.15, -0.1) is 0 Å². The van der Waals surface area contributed by atoms with Gasteiger partial charge in [0.2, 0.25) is 0 Å². The molecular formula is C17H27NO. The van der Waals surface area contributed by atoms with Crippen LogP contribution < -0.4 is 5.32 Å². The second-order valence-corrected chi connectivity index (χ2v) is 5.73. The van der Waals surface area contributed by atoms with Crippen molar-refractivity contribution in [2.75, 3.05) is 0 Å². The van der Waals surface area contributed by atoms with Gasteiger partial charge in [-0.3, -0.25) is 5.32 Å². The fourth-order valence-electron chi connectivity index (χ4n) is 3.44. The highest BCUT2D eigenvalue weighted by Gasteiger charge is 2.45. The van der Waals surface area contributed by atoms with Gasteiger partial charge < -0.3 is 4.74 Å². The first-order valence-electron chi connectivity index (χ1n) is 7.68. The van der Waals surface area contributed by atoms with Crippen molar-refractivity contribution in [3.05, 3.63) is 35.9 Å². The summed E-state index contributed by atoms with van der Waals surface area (Å²) in [5.41, 5.74) is 1.42. The second kappa shape index (κ2) is 6.53. The summed E-state index contributed by atoms with van der Waals surface area (Å²) in [5.74, 6) is 0. The topological polar surface area (TPSA) is 21.3 Å². The highest BCUT2D eigenvalue weighted by atomic mass is 16.5. The maximum atomic E-state index is 6.30. The SMILES string of the molecule is CCCC1(CCC)O[C@@H](C)N[C@H]1Cc1ccccc1. The van der Waals surface area contributed by atoms with Gasteiger partial charge in [-0.1, -0.05) is 57.0 Å². The monoisotopic (exact) mass is 261 g/mol. The molecule has 0 saturated carbocycles. The van der Waals surface area contributed by atoms with E-state index in [-0.39, 0.29) is 11.8 Å². The lowest BCUT2D eigenvalue weighted by Gasteiger charge is -2.34. The van der Waals surface area contributed by atoms with E-state index in [1.54, 1.807) is 0 Å². The van der Waals surface area contributed by atoms with Crippen LogP contribution in [0.3, 0.4) is 0 Å². The molecule has 1 aromatic rings. The number of hydrogen-bond donors (Lipinski definition) is 1. The van der Waals surface area contributed by atoms with Crippen LogP contribution in [0.4, 0.5) is 0 Å². The van der Waals surface area contributed by atoms with Crippen LogP contribution in [0.5, 0.6) is 0 Å². The molecule has 1 saturated heterocycles. The molecule has 19 heavy (non-hydrogen) atoms. The zero-order chi connectivity index (χ0) is 13.7. The fourth-order valence-corrected chi connectivity index (χ4v) is 3.44. The molecule has 0 unspecified atom stereocenters. The molecule has 2 nitrogen and oxygen atoms in total.